The van der Waals surface area contributed by atoms with E-state index >= 15 is 0 Å². The Kier molecular flexibility index (Phi) is 2.12. The zero-order chi connectivity index (χ0) is 10.1. The zero-order valence-corrected chi connectivity index (χ0v) is 8.41. The van der Waals surface area contributed by atoms with E-state index in [1.807, 2.05) is 13.0 Å². The Morgan fingerprint density at radius 2 is 2.07 bits per heavy atom. The summed E-state index contributed by atoms with van der Waals surface area (Å²) in [6.07, 6.45) is 1.00. The van der Waals surface area contributed by atoms with Gasteiger partial charge >= 0.3 is 0 Å². The molecule has 0 fully saturated rings. The first kappa shape index (κ1) is 9.00. The highest BCUT2D eigenvalue weighted by Crippen LogP contribution is 2.22. The average molecular weight is 187 g/mol. The summed E-state index contributed by atoms with van der Waals surface area (Å²) in [5.74, 6) is 0.269. The Morgan fingerprint density at radius 1 is 1.29 bits per heavy atom. The summed E-state index contributed by atoms with van der Waals surface area (Å²) in [5, 5.41) is 10.5. The molecular weight excluding hydrogens is 174 g/mol. The highest BCUT2D eigenvalue weighted by molar-refractivity contribution is 5.81. The standard InChI is InChI=1S/C12H13NO/c1-3-9-4-5-11-10(6-9)7-12(14)8(2)13-11/h4-7,14H,3H2,1-2H3. The van der Waals surface area contributed by atoms with Gasteiger partial charge in [-0.3, -0.25) is 0 Å². The van der Waals surface area contributed by atoms with Crippen molar-refractivity contribution in [3.63, 3.8) is 0 Å². The van der Waals surface area contributed by atoms with E-state index in [1.165, 1.54) is 5.56 Å². The van der Waals surface area contributed by atoms with Crippen LogP contribution in [0.1, 0.15) is 18.2 Å². The number of aryl methyl sites for hydroxylation is 2. The summed E-state index contributed by atoms with van der Waals surface area (Å²) < 4.78 is 0. The third-order valence-electron chi connectivity index (χ3n) is 2.45. The maximum atomic E-state index is 9.52. The van der Waals surface area contributed by atoms with Gasteiger partial charge in [-0.05, 0) is 37.1 Å². The Hall–Kier alpha value is -1.57. The number of aromatic hydroxyl groups is 1. The van der Waals surface area contributed by atoms with Crippen molar-refractivity contribution in [1.29, 1.82) is 0 Å². The average Bonchev–Trinajstić information content (AvgIpc) is 2.19. The van der Waals surface area contributed by atoms with E-state index in [4.69, 9.17) is 0 Å². The first-order valence-corrected chi connectivity index (χ1v) is 4.80. The minimum absolute atomic E-state index is 0.269. The maximum Gasteiger partial charge on any atom is 0.137 e. The molecule has 1 N–H and O–H groups in total. The molecule has 0 amide bonds. The largest absolute Gasteiger partial charge is 0.506 e. The molecule has 0 unspecified atom stereocenters. The molecule has 0 saturated heterocycles. The van der Waals surface area contributed by atoms with Crippen LogP contribution in [0.2, 0.25) is 0 Å². The SMILES string of the molecule is CCc1ccc2nc(C)c(O)cc2c1. The fraction of sp³-hybridized carbons (Fsp3) is 0.250. The lowest BCUT2D eigenvalue weighted by Crippen LogP contribution is -1.86. The van der Waals surface area contributed by atoms with Crippen LogP contribution in [0.3, 0.4) is 0 Å². The van der Waals surface area contributed by atoms with Gasteiger partial charge in [-0.1, -0.05) is 13.0 Å². The predicted octanol–water partition coefficient (Wildman–Crippen LogP) is 2.81. The van der Waals surface area contributed by atoms with Crippen molar-refractivity contribution in [1.82, 2.24) is 4.98 Å². The molecule has 1 aromatic carbocycles. The van der Waals surface area contributed by atoms with Gasteiger partial charge in [0.25, 0.3) is 0 Å². The fourth-order valence-electron chi connectivity index (χ4n) is 1.53. The van der Waals surface area contributed by atoms with Crippen LogP contribution in [0.5, 0.6) is 5.75 Å². The van der Waals surface area contributed by atoms with Crippen molar-refractivity contribution in [3.8, 4) is 5.75 Å². The van der Waals surface area contributed by atoms with Crippen LogP contribution in [0, 0.1) is 6.92 Å². The molecule has 0 atom stereocenters. The lowest BCUT2D eigenvalue weighted by Gasteiger charge is -2.03. The lowest BCUT2D eigenvalue weighted by atomic mass is 10.1. The lowest BCUT2D eigenvalue weighted by molar-refractivity contribution is 0.469. The van der Waals surface area contributed by atoms with E-state index < -0.39 is 0 Å². The molecule has 0 aliphatic carbocycles. The van der Waals surface area contributed by atoms with Gasteiger partial charge in [0.2, 0.25) is 0 Å². The summed E-state index contributed by atoms with van der Waals surface area (Å²) in [6, 6.07) is 7.92. The van der Waals surface area contributed by atoms with Crippen molar-refractivity contribution >= 4 is 10.9 Å². The summed E-state index contributed by atoms with van der Waals surface area (Å²) in [7, 11) is 0. The molecule has 2 nitrogen and oxygen atoms in total. The molecule has 0 aliphatic rings. The molecule has 72 valence electrons. The van der Waals surface area contributed by atoms with E-state index in [2.05, 4.69) is 24.0 Å². The summed E-state index contributed by atoms with van der Waals surface area (Å²) in [5.41, 5.74) is 2.89. The predicted molar refractivity (Wildman–Crippen MR) is 57.5 cm³/mol. The molecule has 0 saturated carbocycles. The van der Waals surface area contributed by atoms with Crippen LogP contribution in [0.15, 0.2) is 24.3 Å². The Morgan fingerprint density at radius 3 is 2.79 bits per heavy atom. The molecule has 0 aliphatic heterocycles. The normalized spacial score (nSPS) is 10.7. The molecular formula is C12H13NO. The molecule has 0 spiro atoms. The first-order chi connectivity index (χ1) is 6.70. The second-order valence-corrected chi connectivity index (χ2v) is 3.47. The summed E-state index contributed by atoms with van der Waals surface area (Å²) in [6.45, 7) is 3.92. The molecule has 1 heterocycles. The number of nitrogens with zero attached hydrogens (tertiary/aromatic N) is 1. The van der Waals surface area contributed by atoms with Crippen LogP contribution in [-0.4, -0.2) is 10.1 Å². The molecule has 0 radical (unpaired) electrons. The van der Waals surface area contributed by atoms with Crippen molar-refractivity contribution in [2.24, 2.45) is 0 Å². The summed E-state index contributed by atoms with van der Waals surface area (Å²) in [4.78, 5) is 4.30. The van der Waals surface area contributed by atoms with Gasteiger partial charge in [0.05, 0.1) is 11.2 Å². The number of hydrogen-bond acceptors (Lipinski definition) is 2. The van der Waals surface area contributed by atoms with Gasteiger partial charge in [0, 0.05) is 5.39 Å². The van der Waals surface area contributed by atoms with E-state index in [-0.39, 0.29) is 5.75 Å². The van der Waals surface area contributed by atoms with Gasteiger partial charge in [-0.25, -0.2) is 4.98 Å². The highest BCUT2D eigenvalue weighted by Gasteiger charge is 2.01. The van der Waals surface area contributed by atoms with Gasteiger partial charge in [-0.15, -0.1) is 0 Å². The van der Waals surface area contributed by atoms with Crippen molar-refractivity contribution in [3.05, 3.63) is 35.5 Å². The smallest absolute Gasteiger partial charge is 0.137 e. The second kappa shape index (κ2) is 3.29. The van der Waals surface area contributed by atoms with Crippen molar-refractivity contribution < 1.29 is 5.11 Å². The minimum Gasteiger partial charge on any atom is -0.506 e. The zero-order valence-electron chi connectivity index (χ0n) is 8.41. The molecule has 2 aromatic rings. The Bertz CT molecular complexity index is 477. The number of rotatable bonds is 1. The highest BCUT2D eigenvalue weighted by atomic mass is 16.3. The minimum atomic E-state index is 0.269. The Balaban J connectivity index is 2.70. The fourth-order valence-corrected chi connectivity index (χ4v) is 1.53. The number of pyridine rings is 1. The van der Waals surface area contributed by atoms with Gasteiger partial charge in [-0.2, -0.15) is 0 Å². The quantitative estimate of drug-likeness (QED) is 0.744. The third-order valence-corrected chi connectivity index (χ3v) is 2.45. The Labute approximate surface area is 83.2 Å². The van der Waals surface area contributed by atoms with Gasteiger partial charge < -0.3 is 5.11 Å². The van der Waals surface area contributed by atoms with Gasteiger partial charge in [0.15, 0.2) is 0 Å². The monoisotopic (exact) mass is 187 g/mol. The molecule has 2 heteroatoms. The van der Waals surface area contributed by atoms with Crippen molar-refractivity contribution in [2.45, 2.75) is 20.3 Å². The number of fused-ring (bicyclic) bond motifs is 1. The van der Waals surface area contributed by atoms with Crippen LogP contribution < -0.4 is 0 Å². The van der Waals surface area contributed by atoms with E-state index in [1.54, 1.807) is 6.07 Å². The number of benzene rings is 1. The van der Waals surface area contributed by atoms with Crippen LogP contribution >= 0.6 is 0 Å². The van der Waals surface area contributed by atoms with Crippen LogP contribution in [-0.2, 0) is 6.42 Å². The summed E-state index contributed by atoms with van der Waals surface area (Å²) >= 11 is 0. The number of aromatic nitrogens is 1. The molecule has 1 aromatic heterocycles. The third kappa shape index (κ3) is 1.43. The molecule has 0 bridgehead atoms. The first-order valence-electron chi connectivity index (χ1n) is 4.80. The van der Waals surface area contributed by atoms with Gasteiger partial charge in [0.1, 0.15) is 5.75 Å². The second-order valence-electron chi connectivity index (χ2n) is 3.47. The number of hydrogen-bond donors (Lipinski definition) is 1. The van der Waals surface area contributed by atoms with E-state index in [0.717, 1.165) is 17.3 Å². The molecule has 2 rings (SSSR count). The van der Waals surface area contributed by atoms with Crippen LogP contribution in [0.4, 0.5) is 0 Å². The van der Waals surface area contributed by atoms with E-state index in [9.17, 15) is 5.11 Å². The topological polar surface area (TPSA) is 33.1 Å². The van der Waals surface area contributed by atoms with Crippen molar-refractivity contribution in [2.75, 3.05) is 0 Å². The van der Waals surface area contributed by atoms with Crippen LogP contribution in [0.25, 0.3) is 10.9 Å². The maximum absolute atomic E-state index is 9.52. The van der Waals surface area contributed by atoms with E-state index in [0.29, 0.717) is 5.69 Å². The molecule has 14 heavy (non-hydrogen) atoms.